The lowest BCUT2D eigenvalue weighted by Crippen LogP contribution is -2.33. The zero-order valence-corrected chi connectivity index (χ0v) is 15.1. The van der Waals surface area contributed by atoms with Gasteiger partial charge in [0.25, 0.3) is 10.1 Å². The van der Waals surface area contributed by atoms with Crippen LogP contribution in [0.4, 0.5) is 0 Å². The first kappa shape index (κ1) is 15.4. The first-order chi connectivity index (χ1) is 6.87. The topological polar surface area (TPSA) is 43.4 Å². The fourth-order valence-corrected chi connectivity index (χ4v) is 4.25. The minimum absolute atomic E-state index is 0.0932. The first-order valence-corrected chi connectivity index (χ1v) is 9.02. The Bertz CT molecular complexity index is 372. The zero-order valence-electron chi connectivity index (χ0n) is 9.50. The molecular weight excluding hydrogens is 428 g/mol. The van der Waals surface area contributed by atoms with Crippen molar-refractivity contribution in [3.8, 4) is 0 Å². The van der Waals surface area contributed by atoms with Gasteiger partial charge >= 0.3 is 0 Å². The van der Waals surface area contributed by atoms with Crippen molar-refractivity contribution in [3.05, 3.63) is 0 Å². The van der Waals surface area contributed by atoms with Gasteiger partial charge in [-0.25, -0.2) is 0 Å². The van der Waals surface area contributed by atoms with Gasteiger partial charge in [0.05, 0.1) is 6.26 Å². The summed E-state index contributed by atoms with van der Waals surface area (Å²) in [6.45, 7) is 6.32. The third kappa shape index (κ3) is 3.43. The summed E-state index contributed by atoms with van der Waals surface area (Å²) in [4.78, 5) is 0. The summed E-state index contributed by atoms with van der Waals surface area (Å²) in [6.07, 6.45) is 0.589. The maximum absolute atomic E-state index is 11.3. The summed E-state index contributed by atoms with van der Waals surface area (Å²) >= 11 is 10.1. The lowest BCUT2D eigenvalue weighted by Gasteiger charge is -2.26. The van der Waals surface area contributed by atoms with Crippen LogP contribution >= 0.6 is 47.8 Å². The average Bonchev–Trinajstić information content (AvgIpc) is 2.43. The number of hydrogen-bond acceptors (Lipinski definition) is 3. The highest BCUT2D eigenvalue weighted by Gasteiger charge is 2.63. The van der Waals surface area contributed by atoms with Crippen LogP contribution in [0.3, 0.4) is 0 Å². The van der Waals surface area contributed by atoms with E-state index in [0.29, 0.717) is 5.92 Å². The number of rotatable bonds is 3. The highest BCUT2D eigenvalue weighted by molar-refractivity contribution is 9.39. The maximum atomic E-state index is 11.3. The van der Waals surface area contributed by atoms with Crippen molar-refractivity contribution in [2.45, 2.75) is 29.0 Å². The van der Waals surface area contributed by atoms with E-state index in [1.165, 1.54) is 0 Å². The summed E-state index contributed by atoms with van der Waals surface area (Å²) in [5.41, 5.74) is 0.0932. The third-order valence-corrected chi connectivity index (χ3v) is 5.30. The van der Waals surface area contributed by atoms with Crippen LogP contribution in [0, 0.1) is 17.3 Å². The fourth-order valence-electron chi connectivity index (χ4n) is 2.10. The molecule has 0 aliphatic heterocycles. The largest absolute Gasteiger partial charge is 0.264 e. The van der Waals surface area contributed by atoms with E-state index in [9.17, 15) is 8.42 Å². The van der Waals surface area contributed by atoms with Gasteiger partial charge in [-0.1, -0.05) is 68.6 Å². The second-order valence-corrected chi connectivity index (χ2v) is 13.4. The van der Waals surface area contributed by atoms with Gasteiger partial charge in [-0.05, 0) is 17.3 Å². The van der Waals surface area contributed by atoms with E-state index in [4.69, 9.17) is 4.18 Å². The van der Waals surface area contributed by atoms with Gasteiger partial charge in [0.1, 0.15) is 6.10 Å². The normalized spacial score (nSPS) is 31.2. The van der Waals surface area contributed by atoms with Crippen molar-refractivity contribution in [1.29, 1.82) is 0 Å². The molecule has 1 aliphatic carbocycles. The molecule has 0 heterocycles. The molecule has 96 valence electrons. The van der Waals surface area contributed by atoms with Gasteiger partial charge in [0, 0.05) is 0 Å². The molecule has 3 nitrogen and oxygen atoms in total. The monoisotopic (exact) mass is 440 g/mol. The number of alkyl halides is 3. The Morgan fingerprint density at radius 2 is 1.69 bits per heavy atom. The Hall–Kier alpha value is 1.35. The lowest BCUT2D eigenvalue weighted by molar-refractivity contribution is 0.183. The van der Waals surface area contributed by atoms with Crippen molar-refractivity contribution in [3.63, 3.8) is 0 Å². The molecule has 0 aromatic rings. The molecule has 0 N–H and O–H groups in total. The number of hydrogen-bond donors (Lipinski definition) is 0. The van der Waals surface area contributed by atoms with Crippen LogP contribution in [0.5, 0.6) is 0 Å². The molecule has 3 unspecified atom stereocenters. The molecule has 0 saturated heterocycles. The fraction of sp³-hybridized carbons (Fsp3) is 1.00. The van der Waals surface area contributed by atoms with E-state index >= 15 is 0 Å². The van der Waals surface area contributed by atoms with Crippen LogP contribution in [0.2, 0.25) is 0 Å². The molecule has 0 aromatic carbocycles. The highest BCUT2D eigenvalue weighted by atomic mass is 80.0. The summed E-state index contributed by atoms with van der Waals surface area (Å²) in [6, 6.07) is 0. The van der Waals surface area contributed by atoms with Gasteiger partial charge in [-0.2, -0.15) is 8.42 Å². The second-order valence-electron chi connectivity index (χ2n) is 4.90. The predicted molar refractivity (Wildman–Crippen MR) is 75.7 cm³/mol. The van der Waals surface area contributed by atoms with Crippen molar-refractivity contribution >= 4 is 57.9 Å². The van der Waals surface area contributed by atoms with Crippen LogP contribution in [0.1, 0.15) is 20.8 Å². The molecule has 0 spiro atoms. The molecule has 1 fully saturated rings. The molecule has 0 amide bonds. The van der Waals surface area contributed by atoms with E-state index in [2.05, 4.69) is 68.6 Å². The van der Waals surface area contributed by atoms with Crippen LogP contribution in [-0.4, -0.2) is 22.9 Å². The van der Waals surface area contributed by atoms with Gasteiger partial charge in [-0.3, -0.25) is 4.18 Å². The lowest BCUT2D eigenvalue weighted by atomic mass is 10.1. The summed E-state index contributed by atoms with van der Waals surface area (Å²) in [5, 5.41) is 0. The van der Waals surface area contributed by atoms with Crippen molar-refractivity contribution in [2.75, 3.05) is 6.26 Å². The van der Waals surface area contributed by atoms with Crippen molar-refractivity contribution < 1.29 is 12.6 Å². The molecule has 1 aliphatic rings. The first-order valence-electron chi connectivity index (χ1n) is 4.82. The van der Waals surface area contributed by atoms with E-state index in [1.54, 1.807) is 0 Å². The Morgan fingerprint density at radius 1 is 1.31 bits per heavy atom. The Balaban J connectivity index is 2.92. The molecule has 0 bridgehead atoms. The Morgan fingerprint density at radius 3 is 1.88 bits per heavy atom. The zero-order chi connectivity index (χ0) is 12.9. The molecule has 1 saturated carbocycles. The molecule has 1 rings (SSSR count). The average molecular weight is 443 g/mol. The Kier molecular flexibility index (Phi) is 4.31. The molecule has 0 aromatic heterocycles. The van der Waals surface area contributed by atoms with E-state index in [-0.39, 0.29) is 11.3 Å². The van der Waals surface area contributed by atoms with E-state index in [1.807, 2.05) is 0 Å². The highest BCUT2D eigenvalue weighted by Crippen LogP contribution is 2.64. The summed E-state index contributed by atoms with van der Waals surface area (Å²) in [5.74, 6) is 0.603. The van der Waals surface area contributed by atoms with Gasteiger partial charge in [0.2, 0.25) is 0 Å². The van der Waals surface area contributed by atoms with Crippen LogP contribution in [0.25, 0.3) is 0 Å². The second kappa shape index (κ2) is 4.47. The molecule has 3 atom stereocenters. The Labute approximate surface area is 122 Å². The van der Waals surface area contributed by atoms with Crippen LogP contribution in [-0.2, 0) is 14.3 Å². The minimum Gasteiger partial charge on any atom is -0.263 e. The van der Waals surface area contributed by atoms with Crippen molar-refractivity contribution in [2.24, 2.45) is 17.3 Å². The standard InChI is InChI=1S/C9H15Br3O3S/c1-5-6(8(5,2)3)7(9(10,11)12)15-16(4,13)14/h5-7H,1-4H3. The van der Waals surface area contributed by atoms with Crippen LogP contribution < -0.4 is 0 Å². The van der Waals surface area contributed by atoms with Crippen LogP contribution in [0.15, 0.2) is 0 Å². The summed E-state index contributed by atoms with van der Waals surface area (Å²) < 4.78 is 27.0. The molecule has 7 heteroatoms. The SMILES string of the molecule is CC1C(C(OS(C)(=O)=O)C(Br)(Br)Br)C1(C)C. The number of halogens is 3. The van der Waals surface area contributed by atoms with E-state index < -0.39 is 18.4 Å². The van der Waals surface area contributed by atoms with E-state index in [0.717, 1.165) is 6.26 Å². The van der Waals surface area contributed by atoms with Gasteiger partial charge in [-0.15, -0.1) is 0 Å². The molecular formula is C9H15Br3O3S. The molecule has 16 heavy (non-hydrogen) atoms. The maximum Gasteiger partial charge on any atom is 0.264 e. The van der Waals surface area contributed by atoms with Gasteiger partial charge < -0.3 is 0 Å². The third-order valence-electron chi connectivity index (χ3n) is 3.39. The quantitative estimate of drug-likeness (QED) is 0.496. The smallest absolute Gasteiger partial charge is 0.263 e. The predicted octanol–water partition coefficient (Wildman–Crippen LogP) is 3.46. The van der Waals surface area contributed by atoms with Crippen molar-refractivity contribution in [1.82, 2.24) is 0 Å². The molecule has 0 radical (unpaired) electrons. The van der Waals surface area contributed by atoms with Gasteiger partial charge in [0.15, 0.2) is 2.14 Å². The minimum atomic E-state index is -3.48. The summed E-state index contributed by atoms with van der Waals surface area (Å²) in [7, 11) is -3.48.